The van der Waals surface area contributed by atoms with Gasteiger partial charge in [-0.05, 0) is 43.9 Å². The lowest BCUT2D eigenvalue weighted by Crippen LogP contribution is -2.61. The van der Waals surface area contributed by atoms with Crippen LogP contribution >= 0.6 is 0 Å². The Balaban J connectivity index is 6.20. The van der Waals surface area contributed by atoms with Crippen LogP contribution in [-0.2, 0) is 28.8 Å². The summed E-state index contributed by atoms with van der Waals surface area (Å²) in [5.74, 6) is -3.60. The minimum atomic E-state index is -1.17. The molecule has 0 aliphatic heterocycles. The molecule has 0 aromatic carbocycles. The zero-order valence-electron chi connectivity index (χ0n) is 28.0. The van der Waals surface area contributed by atoms with E-state index in [4.69, 9.17) is 5.73 Å². The summed E-state index contributed by atoms with van der Waals surface area (Å²) < 4.78 is 0. The second kappa shape index (κ2) is 18.4. The van der Waals surface area contributed by atoms with Crippen LogP contribution in [0.1, 0.15) is 81.1 Å². The number of nitrogens with zero attached hydrogens (tertiary/aromatic N) is 3. The summed E-state index contributed by atoms with van der Waals surface area (Å²) >= 11 is 0. The van der Waals surface area contributed by atoms with E-state index in [2.05, 4.69) is 10.6 Å². The molecule has 13 heteroatoms. The normalized spacial score (nSPS) is 14.9. The van der Waals surface area contributed by atoms with Crippen molar-refractivity contribution in [2.45, 2.75) is 111 Å². The van der Waals surface area contributed by atoms with E-state index in [0.29, 0.717) is 12.8 Å². The molecule has 0 saturated heterocycles. The van der Waals surface area contributed by atoms with Gasteiger partial charge >= 0.3 is 0 Å². The Morgan fingerprint density at radius 2 is 1.14 bits per heavy atom. The van der Waals surface area contributed by atoms with Gasteiger partial charge in [0.05, 0.1) is 6.61 Å². The van der Waals surface area contributed by atoms with Gasteiger partial charge < -0.3 is 36.2 Å². The highest BCUT2D eigenvalue weighted by molar-refractivity contribution is 5.96. The zero-order valence-corrected chi connectivity index (χ0v) is 28.0. The van der Waals surface area contributed by atoms with Crippen LogP contribution in [0.2, 0.25) is 0 Å². The molecule has 5 atom stereocenters. The van der Waals surface area contributed by atoms with Gasteiger partial charge in [-0.2, -0.15) is 0 Å². The number of primary amides is 1. The van der Waals surface area contributed by atoms with Crippen LogP contribution in [0.4, 0.5) is 0 Å². The number of carbonyl (C=O) groups excluding carboxylic acids is 6. The lowest BCUT2D eigenvalue weighted by Gasteiger charge is -2.36. The maximum absolute atomic E-state index is 13.8. The average Bonchev–Trinajstić information content (AvgIpc) is 2.91. The van der Waals surface area contributed by atoms with Gasteiger partial charge in [-0.1, -0.05) is 48.5 Å². The largest absolute Gasteiger partial charge is 0.394 e. The Kier molecular flexibility index (Phi) is 17.1. The quantitative estimate of drug-likeness (QED) is 0.174. The minimum Gasteiger partial charge on any atom is -0.394 e. The highest BCUT2D eigenvalue weighted by Crippen LogP contribution is 2.18. The molecule has 0 aliphatic rings. The molecular weight excluding hydrogens is 556 g/mol. The number of aliphatic hydroxyl groups excluding tert-OH is 1. The van der Waals surface area contributed by atoms with Crippen molar-refractivity contribution in [2.75, 3.05) is 27.7 Å². The molecule has 0 aliphatic carbocycles. The van der Waals surface area contributed by atoms with E-state index >= 15 is 0 Å². The van der Waals surface area contributed by atoms with Crippen molar-refractivity contribution in [3.63, 3.8) is 0 Å². The van der Waals surface area contributed by atoms with Gasteiger partial charge in [-0.15, -0.1) is 0 Å². The number of aliphatic hydroxyl groups is 1. The molecule has 6 amide bonds. The third-order valence-corrected chi connectivity index (χ3v) is 7.42. The molecule has 248 valence electrons. The summed E-state index contributed by atoms with van der Waals surface area (Å²) in [6, 6.07) is -5.06. The Morgan fingerprint density at radius 1 is 0.698 bits per heavy atom. The van der Waals surface area contributed by atoms with Gasteiger partial charge in [0.2, 0.25) is 35.4 Å². The third kappa shape index (κ3) is 12.1. The zero-order chi connectivity index (χ0) is 33.8. The Bertz CT molecular complexity index is 971. The van der Waals surface area contributed by atoms with E-state index in [9.17, 15) is 33.9 Å². The Morgan fingerprint density at radius 3 is 1.51 bits per heavy atom. The van der Waals surface area contributed by atoms with Crippen molar-refractivity contribution in [2.24, 2.45) is 23.5 Å². The standard InChI is InChI=1S/C30H56N6O7/c1-12-13-24(38)34(9)23(16-37)29(42)35(10)22(15-18(4)5)28(41)33-25(19(6)7)30(43)36(11)21(14-17(2)3)27(40)32-20(8)26(31)39/h17-23,25,37H,12-16H2,1-11H3,(H2,31,39)(H,32,40)(H,33,41)/t20-,21+,22+,23?,25+/m1/s1. The first-order valence-electron chi connectivity index (χ1n) is 15.1. The summed E-state index contributed by atoms with van der Waals surface area (Å²) in [5, 5.41) is 15.3. The van der Waals surface area contributed by atoms with Gasteiger partial charge in [-0.3, -0.25) is 28.8 Å². The number of amides is 6. The highest BCUT2D eigenvalue weighted by Gasteiger charge is 2.38. The fourth-order valence-electron chi connectivity index (χ4n) is 4.61. The van der Waals surface area contributed by atoms with Gasteiger partial charge in [0, 0.05) is 27.6 Å². The number of carbonyl (C=O) groups is 6. The summed E-state index contributed by atoms with van der Waals surface area (Å²) in [6.07, 6.45) is 1.35. The second-order valence-corrected chi connectivity index (χ2v) is 12.5. The van der Waals surface area contributed by atoms with E-state index in [1.165, 1.54) is 42.8 Å². The molecule has 0 bridgehead atoms. The first-order chi connectivity index (χ1) is 19.8. The predicted octanol–water partition coefficient (Wildman–Crippen LogP) is 0.483. The number of likely N-dealkylation sites (N-methyl/N-ethyl adjacent to an activating group) is 3. The highest BCUT2D eigenvalue weighted by atomic mass is 16.3. The molecule has 0 aromatic rings. The molecule has 13 nitrogen and oxygen atoms in total. The monoisotopic (exact) mass is 612 g/mol. The fraction of sp³-hybridized carbons (Fsp3) is 0.800. The SMILES string of the molecule is CCCC(=O)N(C)C(CO)C(=O)N(C)[C@@H](CC(C)C)C(=O)N[C@H](C(=O)N(C)[C@@H](CC(C)C)C(=O)N[C@H](C)C(N)=O)C(C)C. The van der Waals surface area contributed by atoms with Gasteiger partial charge in [-0.25, -0.2) is 0 Å². The summed E-state index contributed by atoms with van der Waals surface area (Å²) in [5.41, 5.74) is 5.30. The van der Waals surface area contributed by atoms with E-state index in [1.54, 1.807) is 13.8 Å². The van der Waals surface area contributed by atoms with Crippen molar-refractivity contribution in [1.29, 1.82) is 0 Å². The van der Waals surface area contributed by atoms with Crippen LogP contribution in [0.25, 0.3) is 0 Å². The predicted molar refractivity (Wildman–Crippen MR) is 164 cm³/mol. The number of hydrogen-bond donors (Lipinski definition) is 4. The van der Waals surface area contributed by atoms with Gasteiger partial charge in [0.15, 0.2) is 0 Å². The number of hydrogen-bond acceptors (Lipinski definition) is 7. The van der Waals surface area contributed by atoms with Crippen molar-refractivity contribution in [3.05, 3.63) is 0 Å². The summed E-state index contributed by atoms with van der Waals surface area (Å²) in [4.78, 5) is 81.7. The summed E-state index contributed by atoms with van der Waals surface area (Å²) in [6.45, 7) is 13.8. The van der Waals surface area contributed by atoms with Gasteiger partial charge in [0.1, 0.15) is 30.2 Å². The maximum Gasteiger partial charge on any atom is 0.248 e. The minimum absolute atomic E-state index is 0.0136. The average molecular weight is 613 g/mol. The van der Waals surface area contributed by atoms with Crippen molar-refractivity contribution < 1.29 is 33.9 Å². The van der Waals surface area contributed by atoms with Crippen LogP contribution in [0.3, 0.4) is 0 Å². The maximum atomic E-state index is 13.8. The number of rotatable bonds is 18. The molecule has 0 aromatic heterocycles. The lowest BCUT2D eigenvalue weighted by atomic mass is 9.96. The lowest BCUT2D eigenvalue weighted by molar-refractivity contribution is -0.150. The molecule has 0 heterocycles. The van der Waals surface area contributed by atoms with E-state index in [0.717, 1.165) is 0 Å². The fourth-order valence-corrected chi connectivity index (χ4v) is 4.61. The molecule has 0 radical (unpaired) electrons. The van der Waals surface area contributed by atoms with Crippen LogP contribution < -0.4 is 16.4 Å². The summed E-state index contributed by atoms with van der Waals surface area (Å²) in [7, 11) is 4.36. The van der Waals surface area contributed by atoms with Crippen molar-refractivity contribution in [1.82, 2.24) is 25.3 Å². The van der Waals surface area contributed by atoms with Crippen molar-refractivity contribution in [3.8, 4) is 0 Å². The molecule has 0 spiro atoms. The molecule has 0 rings (SSSR count). The Labute approximate surface area is 257 Å². The smallest absolute Gasteiger partial charge is 0.248 e. The van der Waals surface area contributed by atoms with Crippen molar-refractivity contribution >= 4 is 35.4 Å². The molecule has 43 heavy (non-hydrogen) atoms. The number of nitrogens with one attached hydrogen (secondary N) is 2. The molecular formula is C30H56N6O7. The van der Waals surface area contributed by atoms with E-state index in [1.807, 2.05) is 34.6 Å². The molecule has 1 unspecified atom stereocenters. The topological polar surface area (TPSA) is 182 Å². The van der Waals surface area contributed by atoms with E-state index in [-0.39, 0.29) is 36.5 Å². The third-order valence-electron chi connectivity index (χ3n) is 7.42. The molecule has 0 saturated carbocycles. The second-order valence-electron chi connectivity index (χ2n) is 12.5. The van der Waals surface area contributed by atoms with E-state index < -0.39 is 66.4 Å². The molecule has 0 fully saturated rings. The van der Waals surface area contributed by atoms with Gasteiger partial charge in [0.25, 0.3) is 0 Å². The first kappa shape index (κ1) is 39.8. The Hall–Kier alpha value is -3.22. The van der Waals surface area contributed by atoms with Crippen LogP contribution in [0.5, 0.6) is 0 Å². The van der Waals surface area contributed by atoms with Crippen LogP contribution in [0, 0.1) is 17.8 Å². The molecule has 5 N–H and O–H groups in total. The van der Waals surface area contributed by atoms with Crippen LogP contribution in [0.15, 0.2) is 0 Å². The van der Waals surface area contributed by atoms with Crippen LogP contribution in [-0.4, -0.2) is 113 Å². The number of nitrogens with two attached hydrogens (primary N) is 1. The first-order valence-corrected chi connectivity index (χ1v) is 15.1.